The zero-order valence-corrected chi connectivity index (χ0v) is 13.1. The summed E-state index contributed by atoms with van der Waals surface area (Å²) in [7, 11) is 0. The molecular weight excluding hydrogens is 290 g/mol. The zero-order valence-electron chi connectivity index (χ0n) is 13.1. The first kappa shape index (κ1) is 14.3. The SMILES string of the molecule is c1ccc2c(c1)OCC(CCc1cc(N3CCCC3)cnn1)O2. The zero-order chi connectivity index (χ0) is 15.5. The number of fused-ring (bicyclic) bond motifs is 1. The van der Waals surface area contributed by atoms with Gasteiger partial charge in [-0.15, -0.1) is 0 Å². The predicted octanol–water partition coefficient (Wildman–Crippen LogP) is 2.85. The van der Waals surface area contributed by atoms with Crippen LogP contribution in [-0.4, -0.2) is 36.0 Å². The van der Waals surface area contributed by atoms with Crippen molar-refractivity contribution in [1.29, 1.82) is 0 Å². The number of anilines is 1. The molecule has 2 aliphatic heterocycles. The van der Waals surface area contributed by atoms with Crippen LogP contribution >= 0.6 is 0 Å². The van der Waals surface area contributed by atoms with Gasteiger partial charge in [0.25, 0.3) is 0 Å². The van der Waals surface area contributed by atoms with Crippen LogP contribution in [0.4, 0.5) is 5.69 Å². The van der Waals surface area contributed by atoms with E-state index >= 15 is 0 Å². The van der Waals surface area contributed by atoms with Crippen molar-refractivity contribution in [2.75, 3.05) is 24.6 Å². The molecule has 0 N–H and O–H groups in total. The van der Waals surface area contributed by atoms with Gasteiger partial charge in [0, 0.05) is 13.1 Å². The minimum atomic E-state index is 0.0714. The van der Waals surface area contributed by atoms with Crippen molar-refractivity contribution in [1.82, 2.24) is 10.2 Å². The molecule has 1 fully saturated rings. The third-order valence-electron chi connectivity index (χ3n) is 4.45. The second kappa shape index (κ2) is 6.44. The Kier molecular flexibility index (Phi) is 4.01. The van der Waals surface area contributed by atoms with Crippen LogP contribution < -0.4 is 14.4 Å². The molecule has 1 atom stereocenters. The van der Waals surface area contributed by atoms with Crippen molar-refractivity contribution in [3.05, 3.63) is 42.2 Å². The van der Waals surface area contributed by atoms with Crippen LogP contribution in [0.25, 0.3) is 0 Å². The van der Waals surface area contributed by atoms with E-state index in [0.717, 1.165) is 43.1 Å². The van der Waals surface area contributed by atoms with E-state index in [4.69, 9.17) is 9.47 Å². The second-order valence-corrected chi connectivity index (χ2v) is 6.14. The lowest BCUT2D eigenvalue weighted by molar-refractivity contribution is 0.0849. The lowest BCUT2D eigenvalue weighted by Gasteiger charge is -2.26. The summed E-state index contributed by atoms with van der Waals surface area (Å²) in [5.74, 6) is 1.67. The van der Waals surface area contributed by atoms with Crippen molar-refractivity contribution in [3.8, 4) is 11.5 Å². The minimum Gasteiger partial charge on any atom is -0.486 e. The summed E-state index contributed by atoms with van der Waals surface area (Å²) in [6.07, 6.45) is 6.21. The van der Waals surface area contributed by atoms with Crippen LogP contribution in [0.3, 0.4) is 0 Å². The number of hydrogen-bond acceptors (Lipinski definition) is 5. The third kappa shape index (κ3) is 3.23. The van der Waals surface area contributed by atoms with Gasteiger partial charge < -0.3 is 14.4 Å². The molecule has 0 aliphatic carbocycles. The van der Waals surface area contributed by atoms with Crippen LogP contribution in [0.5, 0.6) is 11.5 Å². The van der Waals surface area contributed by atoms with Gasteiger partial charge in [-0.3, -0.25) is 0 Å². The first-order valence-corrected chi connectivity index (χ1v) is 8.33. The Morgan fingerprint density at radius 3 is 2.83 bits per heavy atom. The van der Waals surface area contributed by atoms with Gasteiger partial charge in [-0.2, -0.15) is 10.2 Å². The van der Waals surface area contributed by atoms with E-state index in [1.165, 1.54) is 18.5 Å². The Bertz CT molecular complexity index is 671. The fourth-order valence-electron chi connectivity index (χ4n) is 3.18. The molecule has 1 saturated heterocycles. The molecule has 1 unspecified atom stereocenters. The average Bonchev–Trinajstić information content (AvgIpc) is 3.15. The Morgan fingerprint density at radius 1 is 1.13 bits per heavy atom. The van der Waals surface area contributed by atoms with Crippen molar-refractivity contribution in [2.45, 2.75) is 31.8 Å². The number of para-hydroxylation sites is 2. The van der Waals surface area contributed by atoms with Crippen LogP contribution in [0.1, 0.15) is 25.0 Å². The normalized spacial score (nSPS) is 19.8. The summed E-state index contributed by atoms with van der Waals surface area (Å²) in [5.41, 5.74) is 2.22. The summed E-state index contributed by atoms with van der Waals surface area (Å²) in [4.78, 5) is 2.38. The Balaban J connectivity index is 1.37. The molecule has 3 heterocycles. The van der Waals surface area contributed by atoms with Crippen molar-refractivity contribution >= 4 is 5.69 Å². The van der Waals surface area contributed by atoms with Gasteiger partial charge in [0.05, 0.1) is 17.6 Å². The van der Waals surface area contributed by atoms with Crippen LogP contribution in [0.15, 0.2) is 36.5 Å². The monoisotopic (exact) mass is 311 g/mol. The lowest BCUT2D eigenvalue weighted by atomic mass is 10.1. The quantitative estimate of drug-likeness (QED) is 0.869. The smallest absolute Gasteiger partial charge is 0.161 e. The summed E-state index contributed by atoms with van der Waals surface area (Å²) in [6.45, 7) is 2.85. The highest BCUT2D eigenvalue weighted by atomic mass is 16.6. The summed E-state index contributed by atoms with van der Waals surface area (Å²) < 4.78 is 11.8. The maximum Gasteiger partial charge on any atom is 0.161 e. The van der Waals surface area contributed by atoms with Gasteiger partial charge >= 0.3 is 0 Å². The maximum atomic E-state index is 6.00. The second-order valence-electron chi connectivity index (χ2n) is 6.14. The predicted molar refractivity (Wildman–Crippen MR) is 88.2 cm³/mol. The largest absolute Gasteiger partial charge is 0.486 e. The first-order chi connectivity index (χ1) is 11.4. The third-order valence-corrected chi connectivity index (χ3v) is 4.45. The molecule has 2 aromatic rings. The highest BCUT2D eigenvalue weighted by molar-refractivity contribution is 5.45. The molecule has 1 aromatic heterocycles. The molecular formula is C18H21N3O2. The Hall–Kier alpha value is -2.30. The topological polar surface area (TPSA) is 47.5 Å². The van der Waals surface area contributed by atoms with E-state index < -0.39 is 0 Å². The number of aryl methyl sites for hydroxylation is 1. The van der Waals surface area contributed by atoms with E-state index in [1.54, 1.807) is 0 Å². The van der Waals surface area contributed by atoms with Crippen molar-refractivity contribution < 1.29 is 9.47 Å². The summed E-state index contributed by atoms with van der Waals surface area (Å²) in [6, 6.07) is 9.99. The summed E-state index contributed by atoms with van der Waals surface area (Å²) in [5, 5.41) is 8.43. The molecule has 0 radical (unpaired) electrons. The highest BCUT2D eigenvalue weighted by Crippen LogP contribution is 2.31. The van der Waals surface area contributed by atoms with Crippen LogP contribution in [0, 0.1) is 0 Å². The number of benzene rings is 1. The van der Waals surface area contributed by atoms with E-state index in [2.05, 4.69) is 21.2 Å². The van der Waals surface area contributed by atoms with Gasteiger partial charge in [-0.1, -0.05) is 12.1 Å². The molecule has 0 spiro atoms. The van der Waals surface area contributed by atoms with E-state index in [1.807, 2.05) is 30.5 Å². The standard InChI is InChI=1S/C18H21N3O2/c1-2-6-18-17(5-1)22-13-16(23-18)8-7-14-11-15(12-19-20-14)21-9-3-4-10-21/h1-2,5-6,11-12,16H,3-4,7-10,13H2. The lowest BCUT2D eigenvalue weighted by Crippen LogP contribution is -2.29. The Morgan fingerprint density at radius 2 is 1.96 bits per heavy atom. The molecule has 5 heteroatoms. The van der Waals surface area contributed by atoms with E-state index in [-0.39, 0.29) is 6.10 Å². The van der Waals surface area contributed by atoms with Gasteiger partial charge in [-0.05, 0) is 43.9 Å². The molecule has 2 aliphatic rings. The Labute approximate surface area is 136 Å². The van der Waals surface area contributed by atoms with E-state index in [0.29, 0.717) is 6.61 Å². The fourth-order valence-corrected chi connectivity index (χ4v) is 3.18. The molecule has 1 aromatic carbocycles. The van der Waals surface area contributed by atoms with Gasteiger partial charge in [0.15, 0.2) is 11.5 Å². The van der Waals surface area contributed by atoms with Crippen LogP contribution in [0.2, 0.25) is 0 Å². The molecule has 0 bridgehead atoms. The van der Waals surface area contributed by atoms with Gasteiger partial charge in [-0.25, -0.2) is 0 Å². The van der Waals surface area contributed by atoms with E-state index in [9.17, 15) is 0 Å². The van der Waals surface area contributed by atoms with Crippen LogP contribution in [-0.2, 0) is 6.42 Å². The molecule has 4 rings (SSSR count). The average molecular weight is 311 g/mol. The molecule has 5 nitrogen and oxygen atoms in total. The maximum absolute atomic E-state index is 6.00. The number of aromatic nitrogens is 2. The van der Waals surface area contributed by atoms with Gasteiger partial charge in [0.2, 0.25) is 0 Å². The highest BCUT2D eigenvalue weighted by Gasteiger charge is 2.21. The molecule has 0 saturated carbocycles. The number of rotatable bonds is 4. The molecule has 23 heavy (non-hydrogen) atoms. The number of hydrogen-bond donors (Lipinski definition) is 0. The van der Waals surface area contributed by atoms with Crippen molar-refractivity contribution in [2.24, 2.45) is 0 Å². The molecule has 0 amide bonds. The van der Waals surface area contributed by atoms with Crippen molar-refractivity contribution in [3.63, 3.8) is 0 Å². The number of ether oxygens (including phenoxy) is 2. The fraction of sp³-hybridized carbons (Fsp3) is 0.444. The minimum absolute atomic E-state index is 0.0714. The first-order valence-electron chi connectivity index (χ1n) is 8.33. The summed E-state index contributed by atoms with van der Waals surface area (Å²) >= 11 is 0. The van der Waals surface area contributed by atoms with Gasteiger partial charge in [0.1, 0.15) is 12.7 Å². The molecule has 120 valence electrons. The number of nitrogens with zero attached hydrogens (tertiary/aromatic N) is 3.